The van der Waals surface area contributed by atoms with Gasteiger partial charge in [-0.3, -0.25) is 4.57 Å². The SMILES string of the molecule is CCOCn1c(-c2ccc(Oc3nc(C4CC4)cc(C(F)(F)F)n3)cc2Cl)nc(C#N)c1C#N. The maximum absolute atomic E-state index is 13.3. The van der Waals surface area contributed by atoms with Crippen LogP contribution in [0.25, 0.3) is 11.4 Å². The fourth-order valence-corrected chi connectivity index (χ4v) is 3.48. The maximum atomic E-state index is 13.3. The minimum Gasteiger partial charge on any atom is -0.424 e. The van der Waals surface area contributed by atoms with Gasteiger partial charge >= 0.3 is 12.2 Å². The zero-order valence-electron chi connectivity index (χ0n) is 17.7. The number of alkyl halides is 3. The number of hydrogen-bond donors (Lipinski definition) is 0. The summed E-state index contributed by atoms with van der Waals surface area (Å²) < 4.78 is 52.1. The summed E-state index contributed by atoms with van der Waals surface area (Å²) in [6.07, 6.45) is -3.11. The Morgan fingerprint density at radius 2 is 1.91 bits per heavy atom. The Balaban J connectivity index is 1.68. The highest BCUT2D eigenvalue weighted by Gasteiger charge is 2.36. The van der Waals surface area contributed by atoms with Gasteiger partial charge in [-0.05, 0) is 38.0 Å². The lowest BCUT2D eigenvalue weighted by molar-refractivity contribution is -0.141. The number of rotatable bonds is 7. The van der Waals surface area contributed by atoms with Crippen LogP contribution in [0.3, 0.4) is 0 Å². The Hall–Kier alpha value is -3.67. The predicted molar refractivity (Wildman–Crippen MR) is 113 cm³/mol. The van der Waals surface area contributed by atoms with Gasteiger partial charge < -0.3 is 9.47 Å². The number of benzene rings is 1. The molecule has 0 atom stereocenters. The van der Waals surface area contributed by atoms with E-state index in [0.717, 1.165) is 18.9 Å². The van der Waals surface area contributed by atoms with Gasteiger partial charge in [0.25, 0.3) is 0 Å². The first-order valence-electron chi connectivity index (χ1n) is 10.2. The van der Waals surface area contributed by atoms with E-state index in [1.807, 2.05) is 12.1 Å². The van der Waals surface area contributed by atoms with Crippen LogP contribution in [0.2, 0.25) is 5.02 Å². The third-order valence-electron chi connectivity index (χ3n) is 5.01. The van der Waals surface area contributed by atoms with E-state index in [1.54, 1.807) is 6.92 Å². The lowest BCUT2D eigenvalue weighted by Gasteiger charge is -2.12. The molecule has 34 heavy (non-hydrogen) atoms. The number of nitrogens with zero attached hydrogens (tertiary/aromatic N) is 6. The number of ether oxygens (including phenoxy) is 2. The standard InChI is InChI=1S/C22H16ClF3N6O2/c1-2-33-11-32-18(10-28)17(9-27)29-20(32)14-6-5-13(7-15(14)23)34-21-30-16(12-3-4-12)8-19(31-21)22(24,25)26/h5-8,12H,2-4,11H2,1H3. The number of nitriles is 2. The number of imidazole rings is 1. The van der Waals surface area contributed by atoms with Crippen molar-refractivity contribution in [2.24, 2.45) is 0 Å². The van der Waals surface area contributed by atoms with Gasteiger partial charge in [0.05, 0.1) is 10.7 Å². The molecule has 174 valence electrons. The highest BCUT2D eigenvalue weighted by atomic mass is 35.5. The summed E-state index contributed by atoms with van der Waals surface area (Å²) in [6.45, 7) is 2.11. The van der Waals surface area contributed by atoms with Gasteiger partial charge in [-0.2, -0.15) is 33.7 Å². The van der Waals surface area contributed by atoms with E-state index in [9.17, 15) is 23.7 Å². The third-order valence-corrected chi connectivity index (χ3v) is 5.32. The lowest BCUT2D eigenvalue weighted by atomic mass is 10.2. The average molecular weight is 489 g/mol. The minimum atomic E-state index is -4.64. The summed E-state index contributed by atoms with van der Waals surface area (Å²) in [5.41, 5.74) is -0.486. The quantitative estimate of drug-likeness (QED) is 0.436. The minimum absolute atomic E-state index is 0.0207. The van der Waals surface area contributed by atoms with Gasteiger partial charge in [0.1, 0.15) is 30.4 Å². The third kappa shape index (κ3) is 4.81. The molecule has 0 unspecified atom stereocenters. The molecule has 1 fully saturated rings. The molecule has 3 aromatic rings. The molecule has 0 radical (unpaired) electrons. The first-order chi connectivity index (χ1) is 16.2. The van der Waals surface area contributed by atoms with Crippen molar-refractivity contribution in [1.82, 2.24) is 19.5 Å². The van der Waals surface area contributed by atoms with Crippen molar-refractivity contribution in [2.75, 3.05) is 6.61 Å². The van der Waals surface area contributed by atoms with E-state index >= 15 is 0 Å². The van der Waals surface area contributed by atoms with Gasteiger partial charge in [0.2, 0.25) is 0 Å². The smallest absolute Gasteiger partial charge is 0.424 e. The van der Waals surface area contributed by atoms with E-state index in [4.69, 9.17) is 21.1 Å². The van der Waals surface area contributed by atoms with Gasteiger partial charge in [-0.25, -0.2) is 4.98 Å². The molecule has 0 amide bonds. The molecule has 0 bridgehead atoms. The van der Waals surface area contributed by atoms with Gasteiger partial charge in [-0.1, -0.05) is 11.6 Å². The summed E-state index contributed by atoms with van der Waals surface area (Å²) in [7, 11) is 0. The second-order valence-electron chi connectivity index (χ2n) is 7.38. The molecular formula is C22H16ClF3N6O2. The highest BCUT2D eigenvalue weighted by molar-refractivity contribution is 6.33. The molecular weight excluding hydrogens is 473 g/mol. The van der Waals surface area contributed by atoms with Crippen LogP contribution >= 0.6 is 11.6 Å². The zero-order chi connectivity index (χ0) is 24.5. The van der Waals surface area contributed by atoms with E-state index in [2.05, 4.69) is 15.0 Å². The van der Waals surface area contributed by atoms with E-state index in [-0.39, 0.29) is 46.3 Å². The van der Waals surface area contributed by atoms with Crippen molar-refractivity contribution in [3.63, 3.8) is 0 Å². The second-order valence-corrected chi connectivity index (χ2v) is 7.79. The molecule has 0 saturated heterocycles. The fourth-order valence-electron chi connectivity index (χ4n) is 3.23. The number of halogens is 4. The lowest BCUT2D eigenvalue weighted by Crippen LogP contribution is -2.11. The maximum Gasteiger partial charge on any atom is 0.433 e. The summed E-state index contributed by atoms with van der Waals surface area (Å²) in [5.74, 6) is 0.300. The van der Waals surface area contributed by atoms with E-state index < -0.39 is 17.9 Å². The van der Waals surface area contributed by atoms with Crippen LogP contribution in [0.4, 0.5) is 13.2 Å². The van der Waals surface area contributed by atoms with E-state index in [1.165, 1.54) is 22.8 Å². The van der Waals surface area contributed by atoms with Gasteiger partial charge in [0, 0.05) is 24.2 Å². The van der Waals surface area contributed by atoms with Crippen molar-refractivity contribution < 1.29 is 22.6 Å². The van der Waals surface area contributed by atoms with Crippen LogP contribution in [0.5, 0.6) is 11.8 Å². The molecule has 12 heteroatoms. The van der Waals surface area contributed by atoms with Crippen LogP contribution in [-0.2, 0) is 17.6 Å². The summed E-state index contributed by atoms with van der Waals surface area (Å²) in [4.78, 5) is 11.8. The fraction of sp³-hybridized carbons (Fsp3) is 0.318. The second kappa shape index (κ2) is 9.29. The molecule has 8 nitrogen and oxygen atoms in total. The topological polar surface area (TPSA) is 110 Å². The average Bonchev–Trinajstić information content (AvgIpc) is 3.59. The Bertz CT molecular complexity index is 1320. The molecule has 2 heterocycles. The molecule has 1 aliphatic carbocycles. The molecule has 0 N–H and O–H groups in total. The monoisotopic (exact) mass is 488 g/mol. The normalized spacial score (nSPS) is 13.4. The van der Waals surface area contributed by atoms with Crippen molar-refractivity contribution in [2.45, 2.75) is 38.6 Å². The van der Waals surface area contributed by atoms with Crippen LogP contribution < -0.4 is 4.74 Å². The van der Waals surface area contributed by atoms with Gasteiger partial charge in [0.15, 0.2) is 17.1 Å². The number of hydrogen-bond acceptors (Lipinski definition) is 7. The Morgan fingerprint density at radius 3 is 2.50 bits per heavy atom. The first kappa shape index (κ1) is 23.5. The summed E-state index contributed by atoms with van der Waals surface area (Å²) >= 11 is 6.42. The van der Waals surface area contributed by atoms with Gasteiger partial charge in [-0.15, -0.1) is 0 Å². The van der Waals surface area contributed by atoms with Crippen molar-refractivity contribution in [3.8, 4) is 35.3 Å². The summed E-state index contributed by atoms with van der Waals surface area (Å²) in [5, 5.41) is 18.9. The first-order valence-corrected chi connectivity index (χ1v) is 10.5. The van der Waals surface area contributed by atoms with Crippen LogP contribution in [-0.4, -0.2) is 26.1 Å². The molecule has 0 aliphatic heterocycles. The highest BCUT2D eigenvalue weighted by Crippen LogP contribution is 2.42. The number of aromatic nitrogens is 4. The van der Waals surface area contributed by atoms with Crippen LogP contribution in [0, 0.1) is 22.7 Å². The van der Waals surface area contributed by atoms with Crippen molar-refractivity contribution >= 4 is 11.6 Å². The van der Waals surface area contributed by atoms with Crippen molar-refractivity contribution in [3.05, 3.63) is 52.1 Å². The Kier molecular flexibility index (Phi) is 6.42. The molecule has 1 saturated carbocycles. The molecule has 1 aromatic carbocycles. The van der Waals surface area contributed by atoms with Crippen LogP contribution in [0.15, 0.2) is 24.3 Å². The molecule has 0 spiro atoms. The van der Waals surface area contributed by atoms with Crippen LogP contribution in [0.1, 0.15) is 48.5 Å². The zero-order valence-corrected chi connectivity index (χ0v) is 18.5. The molecule has 1 aliphatic rings. The Morgan fingerprint density at radius 1 is 1.15 bits per heavy atom. The predicted octanol–water partition coefficient (Wildman–Crippen LogP) is 5.42. The summed E-state index contributed by atoms with van der Waals surface area (Å²) in [6, 6.07) is 8.66. The Labute approximate surface area is 197 Å². The molecule has 2 aromatic heterocycles. The van der Waals surface area contributed by atoms with Crippen molar-refractivity contribution in [1.29, 1.82) is 10.5 Å². The molecule has 4 rings (SSSR count). The largest absolute Gasteiger partial charge is 0.433 e. The van der Waals surface area contributed by atoms with E-state index in [0.29, 0.717) is 12.2 Å².